The Balaban J connectivity index is 2.25. The summed E-state index contributed by atoms with van der Waals surface area (Å²) >= 11 is 3.10. The van der Waals surface area contributed by atoms with E-state index in [9.17, 15) is 4.79 Å². The van der Waals surface area contributed by atoms with Crippen molar-refractivity contribution in [1.29, 1.82) is 0 Å². The number of hydrogen-bond donors (Lipinski definition) is 1. The molecular formula is C9H11BrN2O2. The second-order valence-electron chi connectivity index (χ2n) is 3.46. The Labute approximate surface area is 89.8 Å². The van der Waals surface area contributed by atoms with Gasteiger partial charge in [0, 0.05) is 6.20 Å². The molecule has 1 saturated heterocycles. The molecule has 1 fully saturated rings. The van der Waals surface area contributed by atoms with Crippen LogP contribution >= 0.6 is 15.9 Å². The zero-order valence-corrected chi connectivity index (χ0v) is 9.37. The number of H-pyrrole nitrogens is 1. The Morgan fingerprint density at radius 1 is 1.64 bits per heavy atom. The summed E-state index contributed by atoms with van der Waals surface area (Å²) in [5, 5.41) is 0. The first kappa shape index (κ1) is 9.86. The zero-order valence-electron chi connectivity index (χ0n) is 7.79. The van der Waals surface area contributed by atoms with Crippen LogP contribution in [0.15, 0.2) is 15.5 Å². The van der Waals surface area contributed by atoms with Crippen molar-refractivity contribution in [2.75, 3.05) is 0 Å². The molecular weight excluding hydrogens is 248 g/mol. The maximum Gasteiger partial charge on any atom is 0.265 e. The number of nitrogens with one attached hydrogen (secondary N) is 1. The topological polar surface area (TPSA) is 55.0 Å². The Morgan fingerprint density at radius 2 is 2.43 bits per heavy atom. The summed E-state index contributed by atoms with van der Waals surface area (Å²) < 4.78 is 6.05. The molecule has 0 aromatic carbocycles. The molecule has 0 bridgehead atoms. The van der Waals surface area contributed by atoms with E-state index in [-0.39, 0.29) is 17.8 Å². The lowest BCUT2D eigenvalue weighted by Gasteiger charge is -2.09. The molecule has 1 aromatic heterocycles. The molecule has 0 saturated carbocycles. The molecule has 0 amide bonds. The highest BCUT2D eigenvalue weighted by Crippen LogP contribution is 2.29. The van der Waals surface area contributed by atoms with Gasteiger partial charge in [-0.3, -0.25) is 4.79 Å². The molecule has 14 heavy (non-hydrogen) atoms. The summed E-state index contributed by atoms with van der Waals surface area (Å²) in [7, 11) is 0. The summed E-state index contributed by atoms with van der Waals surface area (Å²) in [4.78, 5) is 18.1. The summed E-state index contributed by atoms with van der Waals surface area (Å²) in [6, 6.07) is 0. The quantitative estimate of drug-likeness (QED) is 0.836. The van der Waals surface area contributed by atoms with E-state index in [2.05, 4.69) is 25.9 Å². The predicted octanol–water partition coefficient (Wildman–Crippen LogP) is 1.77. The number of halogens is 1. The monoisotopic (exact) mass is 258 g/mol. The maximum absolute atomic E-state index is 11.3. The van der Waals surface area contributed by atoms with Crippen LogP contribution in [-0.2, 0) is 4.74 Å². The third-order valence-electron chi connectivity index (χ3n) is 2.31. The molecule has 0 aliphatic carbocycles. The summed E-state index contributed by atoms with van der Waals surface area (Å²) in [6.07, 6.45) is 3.66. The predicted molar refractivity (Wildman–Crippen MR) is 55.1 cm³/mol. The van der Waals surface area contributed by atoms with E-state index in [0.29, 0.717) is 10.3 Å². The molecule has 0 radical (unpaired) electrons. The first-order valence-corrected chi connectivity index (χ1v) is 5.36. The standard InChI is InChI=1S/C9H11BrN2O2/c1-5-2-3-7(14-5)8-11-4-6(10)9(13)12-8/h4-5,7H,2-3H2,1H3,(H,11,12,13). The van der Waals surface area contributed by atoms with Crippen LogP contribution in [0.25, 0.3) is 0 Å². The second-order valence-corrected chi connectivity index (χ2v) is 4.31. The lowest BCUT2D eigenvalue weighted by molar-refractivity contribution is 0.0501. The van der Waals surface area contributed by atoms with Crippen LogP contribution in [0.5, 0.6) is 0 Å². The molecule has 1 aliphatic heterocycles. The fourth-order valence-corrected chi connectivity index (χ4v) is 1.76. The molecule has 2 unspecified atom stereocenters. The van der Waals surface area contributed by atoms with Crippen molar-refractivity contribution >= 4 is 15.9 Å². The first-order chi connectivity index (χ1) is 6.66. The molecule has 4 nitrogen and oxygen atoms in total. The van der Waals surface area contributed by atoms with Gasteiger partial charge in [0.25, 0.3) is 5.56 Å². The van der Waals surface area contributed by atoms with Gasteiger partial charge in [-0.15, -0.1) is 0 Å². The maximum atomic E-state index is 11.3. The molecule has 5 heteroatoms. The van der Waals surface area contributed by atoms with E-state index in [1.807, 2.05) is 6.92 Å². The average Bonchev–Trinajstić information content (AvgIpc) is 2.57. The Hall–Kier alpha value is -0.680. The molecule has 76 valence electrons. The first-order valence-electron chi connectivity index (χ1n) is 4.57. The third kappa shape index (κ3) is 1.88. The van der Waals surface area contributed by atoms with Gasteiger partial charge in [0.05, 0.1) is 6.10 Å². The van der Waals surface area contributed by atoms with Gasteiger partial charge in [0.2, 0.25) is 0 Å². The molecule has 2 atom stereocenters. The number of rotatable bonds is 1. The van der Waals surface area contributed by atoms with Gasteiger partial charge in [0.15, 0.2) is 0 Å². The fourth-order valence-electron chi connectivity index (χ4n) is 1.56. The molecule has 1 N–H and O–H groups in total. The molecule has 0 spiro atoms. The van der Waals surface area contributed by atoms with E-state index in [4.69, 9.17) is 4.74 Å². The Kier molecular flexibility index (Phi) is 2.69. The van der Waals surface area contributed by atoms with Crippen molar-refractivity contribution in [3.05, 3.63) is 26.8 Å². The Bertz CT molecular complexity index is 391. The highest BCUT2D eigenvalue weighted by molar-refractivity contribution is 9.10. The minimum Gasteiger partial charge on any atom is -0.367 e. The number of aromatic nitrogens is 2. The van der Waals surface area contributed by atoms with Crippen LogP contribution in [0.1, 0.15) is 31.7 Å². The van der Waals surface area contributed by atoms with E-state index in [1.165, 1.54) is 6.20 Å². The van der Waals surface area contributed by atoms with Gasteiger partial charge < -0.3 is 9.72 Å². The van der Waals surface area contributed by atoms with Gasteiger partial charge in [-0.05, 0) is 35.7 Å². The van der Waals surface area contributed by atoms with Crippen LogP contribution in [0.3, 0.4) is 0 Å². The summed E-state index contributed by atoms with van der Waals surface area (Å²) in [5.74, 6) is 0.627. The van der Waals surface area contributed by atoms with Crippen LogP contribution in [0.2, 0.25) is 0 Å². The summed E-state index contributed by atoms with van der Waals surface area (Å²) in [6.45, 7) is 2.02. The number of hydrogen-bond acceptors (Lipinski definition) is 3. The van der Waals surface area contributed by atoms with Crippen molar-refractivity contribution in [3.8, 4) is 0 Å². The van der Waals surface area contributed by atoms with Crippen molar-refractivity contribution in [2.24, 2.45) is 0 Å². The molecule has 1 aliphatic rings. The number of ether oxygens (including phenoxy) is 1. The minimum absolute atomic E-state index is 0.0502. The summed E-state index contributed by atoms with van der Waals surface area (Å²) in [5.41, 5.74) is -0.154. The molecule has 1 aromatic rings. The van der Waals surface area contributed by atoms with E-state index in [1.54, 1.807) is 0 Å². The smallest absolute Gasteiger partial charge is 0.265 e. The van der Waals surface area contributed by atoms with Crippen LogP contribution in [0.4, 0.5) is 0 Å². The van der Waals surface area contributed by atoms with Crippen LogP contribution in [-0.4, -0.2) is 16.1 Å². The fraction of sp³-hybridized carbons (Fsp3) is 0.556. The van der Waals surface area contributed by atoms with Gasteiger partial charge in [0.1, 0.15) is 16.4 Å². The number of nitrogens with zero attached hydrogens (tertiary/aromatic N) is 1. The highest BCUT2D eigenvalue weighted by atomic mass is 79.9. The van der Waals surface area contributed by atoms with Gasteiger partial charge in [-0.1, -0.05) is 0 Å². The highest BCUT2D eigenvalue weighted by Gasteiger charge is 2.25. The molecule has 2 heterocycles. The Morgan fingerprint density at radius 3 is 3.00 bits per heavy atom. The normalized spacial score (nSPS) is 26.7. The lowest BCUT2D eigenvalue weighted by atomic mass is 10.2. The average molecular weight is 259 g/mol. The minimum atomic E-state index is -0.154. The number of aromatic amines is 1. The lowest BCUT2D eigenvalue weighted by Crippen LogP contribution is -2.14. The largest absolute Gasteiger partial charge is 0.367 e. The molecule has 2 rings (SSSR count). The third-order valence-corrected chi connectivity index (χ3v) is 2.88. The zero-order chi connectivity index (χ0) is 10.1. The van der Waals surface area contributed by atoms with E-state index >= 15 is 0 Å². The van der Waals surface area contributed by atoms with Gasteiger partial charge >= 0.3 is 0 Å². The van der Waals surface area contributed by atoms with Crippen LogP contribution < -0.4 is 5.56 Å². The van der Waals surface area contributed by atoms with Crippen molar-refractivity contribution in [2.45, 2.75) is 32.0 Å². The van der Waals surface area contributed by atoms with Crippen LogP contribution in [0, 0.1) is 0 Å². The van der Waals surface area contributed by atoms with Crippen molar-refractivity contribution < 1.29 is 4.74 Å². The van der Waals surface area contributed by atoms with E-state index < -0.39 is 0 Å². The SMILES string of the molecule is CC1CCC(c2ncc(Br)c(=O)[nH]2)O1. The second kappa shape index (κ2) is 3.82. The van der Waals surface area contributed by atoms with Crippen molar-refractivity contribution in [1.82, 2.24) is 9.97 Å². The van der Waals surface area contributed by atoms with Gasteiger partial charge in [-0.25, -0.2) is 4.98 Å². The van der Waals surface area contributed by atoms with Gasteiger partial charge in [-0.2, -0.15) is 0 Å². The van der Waals surface area contributed by atoms with E-state index in [0.717, 1.165) is 12.8 Å². The van der Waals surface area contributed by atoms with Crippen molar-refractivity contribution in [3.63, 3.8) is 0 Å².